The van der Waals surface area contributed by atoms with Crippen molar-refractivity contribution in [2.75, 3.05) is 5.32 Å². The van der Waals surface area contributed by atoms with Crippen LogP contribution in [0.3, 0.4) is 0 Å². The maximum Gasteiger partial charge on any atom is 0.413 e. The van der Waals surface area contributed by atoms with Gasteiger partial charge in [-0.25, -0.2) is 14.8 Å². The van der Waals surface area contributed by atoms with Crippen LogP contribution in [0.2, 0.25) is 0 Å². The quantitative estimate of drug-likeness (QED) is 0.926. The van der Waals surface area contributed by atoms with Gasteiger partial charge in [0.05, 0.1) is 6.20 Å². The van der Waals surface area contributed by atoms with Crippen LogP contribution < -0.4 is 5.32 Å². The van der Waals surface area contributed by atoms with Crippen LogP contribution in [-0.4, -0.2) is 16.1 Å². The summed E-state index contributed by atoms with van der Waals surface area (Å²) in [5, 5.41) is 11.7. The molecule has 3 rings (SSSR count). The number of ether oxygens (including phenoxy) is 1. The number of hydrogen-bond donors (Lipinski definition) is 1. The van der Waals surface area contributed by atoms with E-state index in [0.29, 0.717) is 11.7 Å². The van der Waals surface area contributed by atoms with Crippen LogP contribution in [-0.2, 0) is 11.3 Å². The first-order valence-electron chi connectivity index (χ1n) is 8.01. The van der Waals surface area contributed by atoms with E-state index in [2.05, 4.69) is 15.3 Å². The number of carbonyl (C=O) groups is 1. The lowest BCUT2D eigenvalue weighted by atomic mass is 10.1. The van der Waals surface area contributed by atoms with E-state index in [9.17, 15) is 10.1 Å². The molecule has 0 saturated heterocycles. The number of carbonyl (C=O) groups excluding carboxylic acids is 1. The number of hydrogen-bond acceptors (Lipinski definition) is 5. The predicted octanol–water partition coefficient (Wildman–Crippen LogP) is 3.75. The standard InChI is InChI=1S/C18H18N4O2/c19-10-15-11-20-16(14-8-4-5-9-14)21-17(15)22-18(23)24-12-13-6-2-1-3-7-13/h1-3,6-7,11,14H,4-5,8-9,12H2,(H,20,21,22,23). The van der Waals surface area contributed by atoms with Crippen LogP contribution in [0.15, 0.2) is 36.5 Å². The van der Waals surface area contributed by atoms with E-state index < -0.39 is 6.09 Å². The van der Waals surface area contributed by atoms with Gasteiger partial charge >= 0.3 is 6.09 Å². The highest BCUT2D eigenvalue weighted by atomic mass is 16.5. The van der Waals surface area contributed by atoms with Crippen LogP contribution in [0.25, 0.3) is 0 Å². The third-order valence-electron chi connectivity index (χ3n) is 4.08. The van der Waals surface area contributed by atoms with Gasteiger partial charge in [-0.15, -0.1) is 0 Å². The van der Waals surface area contributed by atoms with Gasteiger partial charge in [0, 0.05) is 5.92 Å². The van der Waals surface area contributed by atoms with E-state index in [0.717, 1.165) is 31.2 Å². The van der Waals surface area contributed by atoms with Crippen LogP contribution in [0.4, 0.5) is 10.6 Å². The zero-order chi connectivity index (χ0) is 16.8. The van der Waals surface area contributed by atoms with Crippen molar-refractivity contribution in [2.45, 2.75) is 38.2 Å². The second-order valence-electron chi connectivity index (χ2n) is 5.77. The molecule has 0 unspecified atom stereocenters. The number of anilines is 1. The fourth-order valence-electron chi connectivity index (χ4n) is 2.81. The van der Waals surface area contributed by atoms with Crippen molar-refractivity contribution >= 4 is 11.9 Å². The Hall–Kier alpha value is -2.94. The molecule has 6 nitrogen and oxygen atoms in total. The van der Waals surface area contributed by atoms with Gasteiger partial charge < -0.3 is 4.74 Å². The monoisotopic (exact) mass is 322 g/mol. The first-order valence-corrected chi connectivity index (χ1v) is 8.01. The molecule has 1 N–H and O–H groups in total. The van der Waals surface area contributed by atoms with Crippen molar-refractivity contribution < 1.29 is 9.53 Å². The Labute approximate surface area is 140 Å². The number of nitrogens with zero attached hydrogens (tertiary/aromatic N) is 3. The minimum atomic E-state index is -0.633. The number of nitriles is 1. The molecule has 1 heterocycles. The summed E-state index contributed by atoms with van der Waals surface area (Å²) in [6, 6.07) is 11.4. The Morgan fingerprint density at radius 2 is 2.04 bits per heavy atom. The van der Waals surface area contributed by atoms with Gasteiger partial charge in [-0.1, -0.05) is 43.2 Å². The summed E-state index contributed by atoms with van der Waals surface area (Å²) in [5.41, 5.74) is 1.12. The van der Waals surface area contributed by atoms with E-state index >= 15 is 0 Å². The maximum atomic E-state index is 12.0. The minimum absolute atomic E-state index is 0.162. The van der Waals surface area contributed by atoms with Crippen LogP contribution in [0.5, 0.6) is 0 Å². The topological polar surface area (TPSA) is 87.9 Å². The zero-order valence-corrected chi connectivity index (χ0v) is 13.2. The third-order valence-corrected chi connectivity index (χ3v) is 4.08. The van der Waals surface area contributed by atoms with E-state index in [1.807, 2.05) is 36.4 Å². The van der Waals surface area contributed by atoms with Gasteiger partial charge in [0.25, 0.3) is 0 Å². The summed E-state index contributed by atoms with van der Waals surface area (Å²) in [6.45, 7) is 0.162. The first-order chi connectivity index (χ1) is 11.8. The zero-order valence-electron chi connectivity index (χ0n) is 13.2. The number of benzene rings is 1. The van der Waals surface area contributed by atoms with Crippen molar-refractivity contribution in [3.63, 3.8) is 0 Å². The van der Waals surface area contributed by atoms with E-state index in [1.54, 1.807) is 0 Å². The molecule has 24 heavy (non-hydrogen) atoms. The van der Waals surface area contributed by atoms with Gasteiger partial charge in [-0.2, -0.15) is 5.26 Å². The smallest absolute Gasteiger partial charge is 0.413 e. The molecule has 2 aromatic rings. The normalized spacial score (nSPS) is 14.1. The number of rotatable bonds is 4. The highest BCUT2D eigenvalue weighted by Gasteiger charge is 2.21. The Morgan fingerprint density at radius 3 is 2.75 bits per heavy atom. The second-order valence-corrected chi connectivity index (χ2v) is 5.77. The molecule has 1 amide bonds. The number of nitrogens with one attached hydrogen (secondary N) is 1. The lowest BCUT2D eigenvalue weighted by molar-refractivity contribution is 0.155. The average Bonchev–Trinajstić information content (AvgIpc) is 3.15. The summed E-state index contributed by atoms with van der Waals surface area (Å²) in [6.07, 6.45) is 5.25. The van der Waals surface area contributed by atoms with E-state index in [-0.39, 0.29) is 18.0 Å². The van der Waals surface area contributed by atoms with Crippen LogP contribution in [0, 0.1) is 11.3 Å². The Morgan fingerprint density at radius 1 is 1.29 bits per heavy atom. The maximum absolute atomic E-state index is 12.0. The van der Waals surface area contributed by atoms with E-state index in [1.165, 1.54) is 6.20 Å². The number of amides is 1. The highest BCUT2D eigenvalue weighted by molar-refractivity contribution is 5.84. The van der Waals surface area contributed by atoms with Crippen molar-refractivity contribution in [1.29, 1.82) is 5.26 Å². The van der Waals surface area contributed by atoms with Crippen molar-refractivity contribution in [3.8, 4) is 6.07 Å². The summed E-state index contributed by atoms with van der Waals surface area (Å²) in [5.74, 6) is 1.20. The van der Waals surface area contributed by atoms with Crippen molar-refractivity contribution in [3.05, 3.63) is 53.5 Å². The summed E-state index contributed by atoms with van der Waals surface area (Å²) >= 11 is 0. The molecule has 6 heteroatoms. The summed E-state index contributed by atoms with van der Waals surface area (Å²) < 4.78 is 5.18. The fourth-order valence-corrected chi connectivity index (χ4v) is 2.81. The van der Waals surface area contributed by atoms with Gasteiger partial charge in [-0.3, -0.25) is 5.32 Å². The second kappa shape index (κ2) is 7.55. The molecule has 0 bridgehead atoms. The molecule has 0 radical (unpaired) electrons. The molecule has 122 valence electrons. The molecule has 0 aliphatic heterocycles. The summed E-state index contributed by atoms with van der Waals surface area (Å²) in [7, 11) is 0. The molecule has 1 aromatic heterocycles. The molecule has 0 atom stereocenters. The molecule has 1 aromatic carbocycles. The Balaban J connectivity index is 1.67. The molecule has 1 fully saturated rings. The summed E-state index contributed by atoms with van der Waals surface area (Å²) in [4.78, 5) is 20.6. The molecular formula is C18H18N4O2. The fraction of sp³-hybridized carbons (Fsp3) is 0.333. The molecule has 1 aliphatic rings. The lowest BCUT2D eigenvalue weighted by Crippen LogP contribution is -2.17. The van der Waals surface area contributed by atoms with Gasteiger partial charge in [0.15, 0.2) is 5.82 Å². The molecule has 1 aliphatic carbocycles. The molecule has 1 saturated carbocycles. The Kier molecular flexibility index (Phi) is 5.02. The third kappa shape index (κ3) is 3.87. The lowest BCUT2D eigenvalue weighted by Gasteiger charge is -2.11. The average molecular weight is 322 g/mol. The van der Waals surface area contributed by atoms with Crippen LogP contribution >= 0.6 is 0 Å². The highest BCUT2D eigenvalue weighted by Crippen LogP contribution is 2.32. The van der Waals surface area contributed by atoms with Crippen LogP contribution in [0.1, 0.15) is 48.6 Å². The number of aromatic nitrogens is 2. The van der Waals surface area contributed by atoms with E-state index in [4.69, 9.17) is 4.74 Å². The first kappa shape index (κ1) is 15.9. The Bertz CT molecular complexity index is 749. The van der Waals surface area contributed by atoms with Crippen molar-refractivity contribution in [1.82, 2.24) is 9.97 Å². The molecule has 0 spiro atoms. The van der Waals surface area contributed by atoms with Crippen molar-refractivity contribution in [2.24, 2.45) is 0 Å². The van der Waals surface area contributed by atoms with Gasteiger partial charge in [0.1, 0.15) is 24.1 Å². The van der Waals surface area contributed by atoms with Gasteiger partial charge in [0.2, 0.25) is 0 Å². The predicted molar refractivity (Wildman–Crippen MR) is 88.2 cm³/mol. The largest absolute Gasteiger partial charge is 0.444 e. The van der Waals surface area contributed by atoms with Gasteiger partial charge in [-0.05, 0) is 18.4 Å². The SMILES string of the molecule is N#Cc1cnc(C2CCCC2)nc1NC(=O)OCc1ccccc1. The molecular weight excluding hydrogens is 304 g/mol. The minimum Gasteiger partial charge on any atom is -0.444 e.